The first-order valence-electron chi connectivity index (χ1n) is 14.3. The Balaban J connectivity index is 1.26. The summed E-state index contributed by atoms with van der Waals surface area (Å²) in [7, 11) is -3.85. The van der Waals surface area contributed by atoms with Crippen LogP contribution in [0.25, 0.3) is 0 Å². The van der Waals surface area contributed by atoms with E-state index in [0.29, 0.717) is 34.9 Å². The van der Waals surface area contributed by atoms with Gasteiger partial charge in [-0.1, -0.05) is 78.3 Å². The molecule has 4 aromatic rings. The van der Waals surface area contributed by atoms with Crippen LogP contribution in [0, 0.1) is 11.8 Å². The summed E-state index contributed by atoms with van der Waals surface area (Å²) in [5.74, 6) is 1.99. The number of para-hydroxylation sites is 2. The van der Waals surface area contributed by atoms with Gasteiger partial charge in [-0.25, -0.2) is 8.42 Å². The lowest BCUT2D eigenvalue weighted by Crippen LogP contribution is -2.37. The zero-order valence-electron chi connectivity index (χ0n) is 23.2. The number of ether oxygens (including phenoxy) is 1. The fourth-order valence-electron chi connectivity index (χ4n) is 5.60. The van der Waals surface area contributed by atoms with E-state index in [-0.39, 0.29) is 11.4 Å². The van der Waals surface area contributed by atoms with Gasteiger partial charge >= 0.3 is 0 Å². The van der Waals surface area contributed by atoms with Gasteiger partial charge < -0.3 is 10.1 Å². The second-order valence-corrected chi connectivity index (χ2v) is 12.9. The van der Waals surface area contributed by atoms with Gasteiger partial charge in [0, 0.05) is 10.6 Å². The molecule has 0 spiro atoms. The van der Waals surface area contributed by atoms with E-state index in [1.165, 1.54) is 16.3 Å². The lowest BCUT2D eigenvalue weighted by atomic mass is 9.79. The minimum absolute atomic E-state index is 0.150. The van der Waals surface area contributed by atoms with Crippen LogP contribution in [0.4, 0.5) is 5.69 Å². The number of benzene rings is 4. The molecule has 0 aromatic heterocycles. The number of anilines is 1. The van der Waals surface area contributed by atoms with Gasteiger partial charge in [0.05, 0.1) is 23.7 Å². The molecule has 41 heavy (non-hydrogen) atoms. The largest absolute Gasteiger partial charge is 0.493 e. The Morgan fingerprint density at radius 1 is 0.829 bits per heavy atom. The summed E-state index contributed by atoms with van der Waals surface area (Å²) in [5.41, 5.74) is 2.81. The van der Waals surface area contributed by atoms with Crippen molar-refractivity contribution >= 4 is 27.3 Å². The van der Waals surface area contributed by atoms with Gasteiger partial charge in [0.25, 0.3) is 10.0 Å². The van der Waals surface area contributed by atoms with Crippen molar-refractivity contribution in [3.05, 3.63) is 125 Å². The molecule has 1 heterocycles. The van der Waals surface area contributed by atoms with Crippen LogP contribution < -0.4 is 14.4 Å². The number of nitrogens with zero attached hydrogens (tertiary/aromatic N) is 1. The van der Waals surface area contributed by atoms with Gasteiger partial charge in [-0.05, 0) is 98.6 Å². The predicted molar refractivity (Wildman–Crippen MR) is 167 cm³/mol. The molecule has 1 saturated heterocycles. The summed E-state index contributed by atoms with van der Waals surface area (Å²) in [5, 5.41) is 4.07. The molecule has 1 N–H and O–H groups in total. The van der Waals surface area contributed by atoms with Crippen molar-refractivity contribution < 1.29 is 13.2 Å². The summed E-state index contributed by atoms with van der Waals surface area (Å²) in [6, 6.07) is 33.9. The molecule has 5 rings (SSSR count). The summed E-state index contributed by atoms with van der Waals surface area (Å²) < 4.78 is 35.3. The maximum atomic E-state index is 13.8. The highest BCUT2D eigenvalue weighted by Gasteiger charge is 2.27. The number of hydrogen-bond donors (Lipinski definition) is 1. The lowest BCUT2D eigenvalue weighted by molar-refractivity contribution is 0.215. The monoisotopic (exact) mass is 588 g/mol. The second kappa shape index (κ2) is 14.0. The summed E-state index contributed by atoms with van der Waals surface area (Å²) >= 11 is 6.03. The van der Waals surface area contributed by atoms with Crippen molar-refractivity contribution in [1.29, 1.82) is 0 Å². The van der Waals surface area contributed by atoms with Gasteiger partial charge in [0.15, 0.2) is 0 Å². The van der Waals surface area contributed by atoms with Crippen LogP contribution in [-0.4, -0.2) is 28.1 Å². The Morgan fingerprint density at radius 3 is 2.27 bits per heavy atom. The minimum Gasteiger partial charge on any atom is -0.493 e. The molecule has 0 saturated carbocycles. The molecule has 0 radical (unpaired) electrons. The quantitative estimate of drug-likeness (QED) is 0.176. The number of piperidine rings is 1. The van der Waals surface area contributed by atoms with Crippen LogP contribution in [0.1, 0.15) is 30.4 Å². The third-order valence-corrected chi connectivity index (χ3v) is 9.86. The Bertz CT molecular complexity index is 1480. The molecule has 4 aromatic carbocycles. The van der Waals surface area contributed by atoms with Crippen LogP contribution in [0.2, 0.25) is 5.02 Å². The van der Waals surface area contributed by atoms with Crippen molar-refractivity contribution in [1.82, 2.24) is 5.32 Å². The number of hydrogen-bond acceptors (Lipinski definition) is 4. The van der Waals surface area contributed by atoms with Gasteiger partial charge in [0.2, 0.25) is 0 Å². The van der Waals surface area contributed by atoms with Crippen LogP contribution in [0.3, 0.4) is 0 Å². The van der Waals surface area contributed by atoms with Gasteiger partial charge in [-0.2, -0.15) is 0 Å². The normalized spacial score (nSPS) is 17.2. The molecule has 2 unspecified atom stereocenters. The lowest BCUT2D eigenvalue weighted by Gasteiger charge is -2.32. The Hall–Kier alpha value is -3.32. The molecule has 1 aliphatic rings. The molecule has 7 heteroatoms. The van der Waals surface area contributed by atoms with Crippen molar-refractivity contribution in [2.24, 2.45) is 11.8 Å². The van der Waals surface area contributed by atoms with E-state index in [9.17, 15) is 8.42 Å². The fraction of sp³-hybridized carbons (Fsp3) is 0.294. The van der Waals surface area contributed by atoms with Crippen LogP contribution in [0.15, 0.2) is 114 Å². The molecular weight excluding hydrogens is 552 g/mol. The number of nitrogens with one attached hydrogen (secondary N) is 1. The minimum atomic E-state index is -3.85. The van der Waals surface area contributed by atoms with Crippen LogP contribution >= 0.6 is 11.6 Å². The van der Waals surface area contributed by atoms with E-state index in [2.05, 4.69) is 35.6 Å². The maximum absolute atomic E-state index is 13.8. The summed E-state index contributed by atoms with van der Waals surface area (Å²) in [4.78, 5) is 0.190. The molecule has 0 bridgehead atoms. The van der Waals surface area contributed by atoms with Crippen molar-refractivity contribution in [3.63, 3.8) is 0 Å². The number of halogens is 1. The molecule has 0 amide bonds. The number of sulfonamides is 1. The Morgan fingerprint density at radius 2 is 1.51 bits per heavy atom. The zero-order chi connectivity index (χ0) is 28.5. The van der Waals surface area contributed by atoms with Crippen molar-refractivity contribution in [2.45, 2.75) is 37.1 Å². The maximum Gasteiger partial charge on any atom is 0.264 e. The predicted octanol–water partition coefficient (Wildman–Crippen LogP) is 7.36. The fourth-order valence-corrected chi connectivity index (χ4v) is 7.17. The van der Waals surface area contributed by atoms with E-state index >= 15 is 0 Å². The Kier molecular flexibility index (Phi) is 9.99. The topological polar surface area (TPSA) is 58.6 Å². The molecule has 214 valence electrons. The molecule has 2 atom stereocenters. The smallest absolute Gasteiger partial charge is 0.264 e. The first-order valence-corrected chi connectivity index (χ1v) is 16.1. The highest BCUT2D eigenvalue weighted by molar-refractivity contribution is 7.92. The molecule has 5 nitrogen and oxygen atoms in total. The molecule has 1 fully saturated rings. The van der Waals surface area contributed by atoms with E-state index in [1.54, 1.807) is 36.4 Å². The van der Waals surface area contributed by atoms with E-state index in [1.807, 2.05) is 42.5 Å². The summed E-state index contributed by atoms with van der Waals surface area (Å²) in [6.45, 7) is 2.86. The second-order valence-electron chi connectivity index (χ2n) is 10.6. The third-order valence-electron chi connectivity index (χ3n) is 7.82. The number of rotatable bonds is 12. The third kappa shape index (κ3) is 7.70. The Labute approximate surface area is 249 Å². The highest BCUT2D eigenvalue weighted by Crippen LogP contribution is 2.31. The van der Waals surface area contributed by atoms with Crippen molar-refractivity contribution in [3.8, 4) is 5.75 Å². The average molecular weight is 589 g/mol. The van der Waals surface area contributed by atoms with Crippen LogP contribution in [-0.2, 0) is 23.0 Å². The standard InChI is InChI=1S/C34H37ClN2O3S/c35-31-17-19-33(20-18-31)41(38,39)37(32-14-5-2-6-15-32)26-30-12-7-8-16-34(30)40-23-9-13-29-25-36-22-21-28(29)24-27-10-3-1-4-11-27/h1-8,10-12,14-20,28-29,36H,9,13,21-26H2. The van der Waals surface area contributed by atoms with Gasteiger partial charge in [-0.15, -0.1) is 0 Å². The molecular formula is C34H37ClN2O3S. The summed E-state index contributed by atoms with van der Waals surface area (Å²) in [6.07, 6.45) is 4.35. The first kappa shape index (κ1) is 29.2. The SMILES string of the molecule is O=S(=O)(c1ccc(Cl)cc1)N(Cc1ccccc1OCCCC1CNCCC1Cc1ccccc1)c1ccccc1. The molecule has 1 aliphatic heterocycles. The van der Waals surface area contributed by atoms with Crippen LogP contribution in [0.5, 0.6) is 5.75 Å². The van der Waals surface area contributed by atoms with E-state index in [4.69, 9.17) is 16.3 Å². The highest BCUT2D eigenvalue weighted by atomic mass is 35.5. The molecule has 0 aliphatic carbocycles. The average Bonchev–Trinajstić information content (AvgIpc) is 3.00. The van der Waals surface area contributed by atoms with Crippen molar-refractivity contribution in [2.75, 3.05) is 24.0 Å². The van der Waals surface area contributed by atoms with E-state index < -0.39 is 10.0 Å². The van der Waals surface area contributed by atoms with Gasteiger partial charge in [-0.3, -0.25) is 4.31 Å². The first-order chi connectivity index (χ1) is 20.0. The zero-order valence-corrected chi connectivity index (χ0v) is 24.7. The van der Waals surface area contributed by atoms with E-state index in [0.717, 1.165) is 37.9 Å². The van der Waals surface area contributed by atoms with Gasteiger partial charge in [0.1, 0.15) is 5.75 Å².